The molecule has 0 aliphatic heterocycles. The molecule has 1 atom stereocenters. The molecule has 0 N–H and O–H groups in total. The van der Waals surface area contributed by atoms with Crippen molar-refractivity contribution >= 4 is 22.7 Å². The van der Waals surface area contributed by atoms with Crippen molar-refractivity contribution in [3.05, 3.63) is 70.2 Å². The van der Waals surface area contributed by atoms with E-state index in [4.69, 9.17) is 9.51 Å². The Morgan fingerprint density at radius 3 is 2.50 bits per heavy atom. The first-order valence-corrected chi connectivity index (χ1v) is 10.6. The maximum absolute atomic E-state index is 13.3. The van der Waals surface area contributed by atoms with Crippen molar-refractivity contribution in [2.45, 2.75) is 50.4 Å². The van der Waals surface area contributed by atoms with Crippen molar-refractivity contribution in [3.8, 4) is 5.82 Å². The Bertz CT molecular complexity index is 1270. The topological polar surface area (TPSA) is 86.7 Å². The molecule has 0 aliphatic carbocycles. The van der Waals surface area contributed by atoms with Crippen LogP contribution >= 0.6 is 11.8 Å². The van der Waals surface area contributed by atoms with Crippen LogP contribution in [0, 0.1) is 6.92 Å². The molecule has 0 radical (unpaired) electrons. The monoisotopic (exact) mass is 421 g/mol. The minimum Gasteiger partial charge on any atom is -0.338 e. The van der Waals surface area contributed by atoms with Crippen LogP contribution in [0.5, 0.6) is 0 Å². The lowest BCUT2D eigenvalue weighted by Crippen LogP contribution is -2.23. The normalized spacial score (nSPS) is 13.0. The number of hydrogen-bond donors (Lipinski definition) is 0. The van der Waals surface area contributed by atoms with E-state index in [-0.39, 0.29) is 16.2 Å². The third-order valence-corrected chi connectivity index (χ3v) is 5.63. The lowest BCUT2D eigenvalue weighted by Gasteiger charge is -2.14. The van der Waals surface area contributed by atoms with Crippen LogP contribution in [-0.2, 0) is 5.41 Å². The van der Waals surface area contributed by atoms with Gasteiger partial charge in [0.2, 0.25) is 5.89 Å². The van der Waals surface area contributed by atoms with Crippen molar-refractivity contribution in [1.82, 2.24) is 24.7 Å². The van der Waals surface area contributed by atoms with Crippen LogP contribution in [0.15, 0.2) is 56.9 Å². The summed E-state index contributed by atoms with van der Waals surface area (Å²) in [6, 6.07) is 12.9. The number of benzene rings is 1. The van der Waals surface area contributed by atoms with Gasteiger partial charge in [-0.15, -0.1) is 0 Å². The summed E-state index contributed by atoms with van der Waals surface area (Å²) in [4.78, 5) is 27.2. The highest BCUT2D eigenvalue weighted by atomic mass is 32.2. The van der Waals surface area contributed by atoms with Crippen molar-refractivity contribution < 1.29 is 4.52 Å². The highest BCUT2D eigenvalue weighted by Gasteiger charge is 2.25. The Morgan fingerprint density at radius 1 is 1.03 bits per heavy atom. The maximum atomic E-state index is 13.3. The third-order valence-electron chi connectivity index (χ3n) is 4.59. The number of para-hydroxylation sites is 1. The van der Waals surface area contributed by atoms with Crippen LogP contribution in [0.3, 0.4) is 0 Å². The maximum Gasteiger partial charge on any atom is 0.267 e. The summed E-state index contributed by atoms with van der Waals surface area (Å²) in [6.07, 6.45) is 0. The number of rotatable bonds is 4. The molecule has 1 aromatic carbocycles. The van der Waals surface area contributed by atoms with Gasteiger partial charge in [-0.1, -0.05) is 55.9 Å². The summed E-state index contributed by atoms with van der Waals surface area (Å²) in [5, 5.41) is 4.99. The zero-order chi connectivity index (χ0) is 21.5. The summed E-state index contributed by atoms with van der Waals surface area (Å²) in [5.74, 6) is 1.68. The van der Waals surface area contributed by atoms with Crippen LogP contribution in [0.25, 0.3) is 16.7 Å². The molecule has 0 fully saturated rings. The van der Waals surface area contributed by atoms with Crippen molar-refractivity contribution in [1.29, 1.82) is 0 Å². The first-order chi connectivity index (χ1) is 14.2. The molecule has 4 rings (SSSR count). The SMILES string of the molecule is Cc1cccc(-n2c(S[C@H](C)c3nc(C(C)(C)C)no3)nc3ccccc3c2=O)n1. The van der Waals surface area contributed by atoms with E-state index in [0.717, 1.165) is 5.69 Å². The predicted octanol–water partition coefficient (Wildman–Crippen LogP) is 4.62. The van der Waals surface area contributed by atoms with Crippen molar-refractivity contribution in [2.75, 3.05) is 0 Å². The Balaban J connectivity index is 1.82. The first-order valence-electron chi connectivity index (χ1n) is 9.70. The van der Waals surface area contributed by atoms with E-state index < -0.39 is 0 Å². The van der Waals surface area contributed by atoms with Gasteiger partial charge in [-0.25, -0.2) is 14.5 Å². The number of nitrogens with zero attached hydrogens (tertiary/aromatic N) is 5. The van der Waals surface area contributed by atoms with Gasteiger partial charge in [0.05, 0.1) is 16.2 Å². The predicted molar refractivity (Wildman–Crippen MR) is 117 cm³/mol. The van der Waals surface area contributed by atoms with Gasteiger partial charge < -0.3 is 4.52 Å². The summed E-state index contributed by atoms with van der Waals surface area (Å²) in [5.41, 5.74) is 1.10. The average Bonchev–Trinajstić information content (AvgIpc) is 3.19. The molecule has 3 aromatic heterocycles. The molecular weight excluding hydrogens is 398 g/mol. The highest BCUT2D eigenvalue weighted by molar-refractivity contribution is 7.99. The molecular formula is C22H23N5O2S. The van der Waals surface area contributed by atoms with Crippen LogP contribution in [0.1, 0.15) is 50.4 Å². The minimum atomic E-state index is -0.207. The molecule has 3 heterocycles. The Labute approximate surface area is 178 Å². The summed E-state index contributed by atoms with van der Waals surface area (Å²) in [6.45, 7) is 9.95. The largest absolute Gasteiger partial charge is 0.338 e. The van der Waals surface area contributed by atoms with Gasteiger partial charge in [0.15, 0.2) is 11.0 Å². The van der Waals surface area contributed by atoms with Gasteiger partial charge in [-0.3, -0.25) is 4.79 Å². The molecule has 7 nitrogen and oxygen atoms in total. The summed E-state index contributed by atoms with van der Waals surface area (Å²) >= 11 is 1.39. The van der Waals surface area contributed by atoms with E-state index >= 15 is 0 Å². The van der Waals surface area contributed by atoms with Gasteiger partial charge in [0.1, 0.15) is 5.82 Å². The van der Waals surface area contributed by atoms with E-state index in [1.54, 1.807) is 10.6 Å². The van der Waals surface area contributed by atoms with E-state index in [1.807, 2.05) is 71.0 Å². The fourth-order valence-corrected chi connectivity index (χ4v) is 3.91. The molecule has 0 bridgehead atoms. The van der Waals surface area contributed by atoms with E-state index in [9.17, 15) is 4.79 Å². The summed E-state index contributed by atoms with van der Waals surface area (Å²) in [7, 11) is 0. The van der Waals surface area contributed by atoms with E-state index in [2.05, 4.69) is 15.1 Å². The molecule has 0 spiro atoms. The fraction of sp³-hybridized carbons (Fsp3) is 0.318. The lowest BCUT2D eigenvalue weighted by atomic mass is 9.96. The summed E-state index contributed by atoms with van der Waals surface area (Å²) < 4.78 is 7.05. The number of aryl methyl sites for hydroxylation is 1. The average molecular weight is 422 g/mol. The van der Waals surface area contributed by atoms with Gasteiger partial charge >= 0.3 is 0 Å². The van der Waals surface area contributed by atoms with Crippen molar-refractivity contribution in [2.24, 2.45) is 0 Å². The number of hydrogen-bond acceptors (Lipinski definition) is 7. The zero-order valence-corrected chi connectivity index (χ0v) is 18.4. The number of fused-ring (bicyclic) bond motifs is 1. The van der Waals surface area contributed by atoms with Crippen molar-refractivity contribution in [3.63, 3.8) is 0 Å². The quantitative estimate of drug-likeness (QED) is 0.351. The molecule has 0 saturated carbocycles. The Kier molecular flexibility index (Phi) is 5.19. The van der Waals surface area contributed by atoms with Crippen LogP contribution in [-0.4, -0.2) is 24.7 Å². The third kappa shape index (κ3) is 3.87. The second-order valence-electron chi connectivity index (χ2n) is 8.16. The number of pyridine rings is 1. The lowest BCUT2D eigenvalue weighted by molar-refractivity contribution is 0.364. The molecule has 0 aliphatic rings. The minimum absolute atomic E-state index is 0.158. The van der Waals surface area contributed by atoms with Crippen LogP contribution < -0.4 is 5.56 Å². The molecule has 0 amide bonds. The first kappa shape index (κ1) is 20.3. The second-order valence-corrected chi connectivity index (χ2v) is 9.46. The molecule has 0 unspecified atom stereocenters. The smallest absolute Gasteiger partial charge is 0.267 e. The standard InChI is InChI=1S/C22H23N5O2S/c1-13-9-8-12-17(23-13)27-19(28)15-10-6-7-11-16(15)24-21(27)30-14(2)18-25-20(26-29-18)22(3,4)5/h6-12,14H,1-5H3/t14-/m1/s1. The molecule has 154 valence electrons. The molecule has 4 aromatic rings. The van der Waals surface area contributed by atoms with Crippen LogP contribution in [0.2, 0.25) is 0 Å². The molecule has 8 heteroatoms. The van der Waals surface area contributed by atoms with Gasteiger partial charge in [-0.2, -0.15) is 4.98 Å². The van der Waals surface area contributed by atoms with E-state index in [1.165, 1.54) is 11.8 Å². The fourth-order valence-electron chi connectivity index (χ4n) is 2.96. The number of aromatic nitrogens is 5. The second kappa shape index (κ2) is 7.68. The van der Waals surface area contributed by atoms with Gasteiger partial charge in [0, 0.05) is 11.1 Å². The Hall–Kier alpha value is -3.00. The van der Waals surface area contributed by atoms with Gasteiger partial charge in [-0.05, 0) is 38.1 Å². The molecule has 0 saturated heterocycles. The zero-order valence-electron chi connectivity index (χ0n) is 17.6. The van der Waals surface area contributed by atoms with Crippen LogP contribution in [0.4, 0.5) is 0 Å². The van der Waals surface area contributed by atoms with Gasteiger partial charge in [0.25, 0.3) is 5.56 Å². The van der Waals surface area contributed by atoms with E-state index in [0.29, 0.717) is 33.6 Å². The number of thioether (sulfide) groups is 1. The Morgan fingerprint density at radius 2 is 1.80 bits per heavy atom. The highest BCUT2D eigenvalue weighted by Crippen LogP contribution is 2.34. The molecule has 30 heavy (non-hydrogen) atoms.